The van der Waals surface area contributed by atoms with Gasteiger partial charge in [-0.1, -0.05) is 29.8 Å². The van der Waals surface area contributed by atoms with Gasteiger partial charge in [0.1, 0.15) is 0 Å². The third-order valence-electron chi connectivity index (χ3n) is 1.77. The van der Waals surface area contributed by atoms with Crippen LogP contribution in [0.5, 0.6) is 0 Å². The standard InChI is InChI=1S/C7H6O2.C3H3ClN2O2S2/c8-7(9)6-4-2-1-3-5-6;4-3-6-2(1-9-3)10(5,7)8/h1-5H,(H,8,9);1H,(H2,5,7,8). The maximum Gasteiger partial charge on any atom is 0.335 e. The zero-order valence-electron chi connectivity index (χ0n) is 9.36. The molecule has 2 rings (SSSR count). The second kappa shape index (κ2) is 6.62. The Hall–Kier alpha value is -1.48. The first-order chi connectivity index (χ1) is 8.80. The van der Waals surface area contributed by atoms with Crippen molar-refractivity contribution in [3.63, 3.8) is 0 Å². The average Bonchev–Trinajstić information content (AvgIpc) is 2.78. The van der Waals surface area contributed by atoms with Crippen LogP contribution in [0, 0.1) is 0 Å². The van der Waals surface area contributed by atoms with E-state index in [1.807, 2.05) is 0 Å². The first kappa shape index (κ1) is 15.6. The van der Waals surface area contributed by atoms with Crippen molar-refractivity contribution in [3.05, 3.63) is 45.7 Å². The van der Waals surface area contributed by atoms with Gasteiger partial charge in [0.05, 0.1) is 5.56 Å². The number of benzene rings is 1. The molecule has 0 aliphatic carbocycles. The number of primary sulfonamides is 1. The summed E-state index contributed by atoms with van der Waals surface area (Å²) in [7, 11) is -3.67. The van der Waals surface area contributed by atoms with Crippen LogP contribution in [0.1, 0.15) is 10.4 Å². The number of carboxylic acid groups (broad SMARTS) is 1. The average molecular weight is 321 g/mol. The van der Waals surface area contributed by atoms with E-state index in [2.05, 4.69) is 4.98 Å². The molecule has 102 valence electrons. The fraction of sp³-hybridized carbons (Fsp3) is 0. The fourth-order valence-corrected chi connectivity index (χ4v) is 2.58. The Balaban J connectivity index is 0.000000191. The number of hydrogen-bond acceptors (Lipinski definition) is 5. The molecule has 3 N–H and O–H groups in total. The zero-order valence-corrected chi connectivity index (χ0v) is 11.7. The van der Waals surface area contributed by atoms with Crippen molar-refractivity contribution in [1.82, 2.24) is 4.98 Å². The molecule has 1 aromatic carbocycles. The summed E-state index contributed by atoms with van der Waals surface area (Å²) >= 11 is 6.38. The first-order valence-electron chi connectivity index (χ1n) is 4.73. The summed E-state index contributed by atoms with van der Waals surface area (Å²) in [5, 5.41) is 14.2. The van der Waals surface area contributed by atoms with Gasteiger partial charge >= 0.3 is 5.97 Å². The maximum atomic E-state index is 10.5. The van der Waals surface area contributed by atoms with Gasteiger partial charge in [-0.2, -0.15) is 0 Å². The number of carbonyl (C=O) groups is 1. The molecule has 0 saturated heterocycles. The van der Waals surface area contributed by atoms with Crippen molar-refractivity contribution >= 4 is 38.9 Å². The Morgan fingerprint density at radius 1 is 1.32 bits per heavy atom. The minimum Gasteiger partial charge on any atom is -0.478 e. The minimum atomic E-state index is -3.67. The van der Waals surface area contributed by atoms with E-state index in [0.29, 0.717) is 5.56 Å². The number of sulfonamides is 1. The molecule has 0 fully saturated rings. The highest BCUT2D eigenvalue weighted by atomic mass is 35.5. The summed E-state index contributed by atoms with van der Waals surface area (Å²) in [4.78, 5) is 13.7. The lowest BCUT2D eigenvalue weighted by Gasteiger charge is -1.88. The summed E-state index contributed by atoms with van der Waals surface area (Å²) in [6.07, 6.45) is 0. The summed E-state index contributed by atoms with van der Waals surface area (Å²) < 4.78 is 21.2. The molecule has 0 aliphatic heterocycles. The summed E-state index contributed by atoms with van der Waals surface area (Å²) in [6.45, 7) is 0. The van der Waals surface area contributed by atoms with Crippen LogP contribution in [0.3, 0.4) is 0 Å². The molecule has 0 unspecified atom stereocenters. The third-order valence-corrected chi connectivity index (χ3v) is 3.69. The molecule has 0 bridgehead atoms. The van der Waals surface area contributed by atoms with Crippen molar-refractivity contribution in [1.29, 1.82) is 0 Å². The molecule has 1 aromatic heterocycles. The van der Waals surface area contributed by atoms with Crippen LogP contribution in [0.2, 0.25) is 4.47 Å². The van der Waals surface area contributed by atoms with Gasteiger partial charge in [-0.15, -0.1) is 11.3 Å². The highest BCUT2D eigenvalue weighted by Crippen LogP contribution is 2.17. The second-order valence-corrected chi connectivity index (χ2v) is 6.10. The van der Waals surface area contributed by atoms with Crippen LogP contribution in [-0.2, 0) is 10.0 Å². The van der Waals surface area contributed by atoms with Crippen molar-refractivity contribution < 1.29 is 18.3 Å². The van der Waals surface area contributed by atoms with E-state index in [0.717, 1.165) is 11.3 Å². The fourth-order valence-electron chi connectivity index (χ4n) is 0.950. The van der Waals surface area contributed by atoms with E-state index in [-0.39, 0.29) is 9.49 Å². The minimum absolute atomic E-state index is 0.170. The van der Waals surface area contributed by atoms with Crippen molar-refractivity contribution in [2.75, 3.05) is 0 Å². The lowest BCUT2D eigenvalue weighted by atomic mass is 10.2. The van der Waals surface area contributed by atoms with Gasteiger partial charge in [-0.3, -0.25) is 0 Å². The van der Waals surface area contributed by atoms with Crippen molar-refractivity contribution in [2.45, 2.75) is 5.03 Å². The van der Waals surface area contributed by atoms with Crippen LogP contribution in [0.25, 0.3) is 0 Å². The number of aromatic carboxylic acids is 1. The largest absolute Gasteiger partial charge is 0.478 e. The van der Waals surface area contributed by atoms with Gasteiger partial charge in [-0.25, -0.2) is 23.3 Å². The van der Waals surface area contributed by atoms with Gasteiger partial charge in [0.2, 0.25) is 0 Å². The first-order valence-corrected chi connectivity index (χ1v) is 7.53. The number of aromatic nitrogens is 1. The molecule has 1 heterocycles. The van der Waals surface area contributed by atoms with Crippen molar-refractivity contribution in [2.24, 2.45) is 5.14 Å². The smallest absolute Gasteiger partial charge is 0.335 e. The molecule has 19 heavy (non-hydrogen) atoms. The quantitative estimate of drug-likeness (QED) is 0.877. The molecule has 0 amide bonds. The monoisotopic (exact) mass is 320 g/mol. The number of halogens is 1. The van der Waals surface area contributed by atoms with Gasteiger partial charge in [0, 0.05) is 5.38 Å². The van der Waals surface area contributed by atoms with E-state index in [1.165, 1.54) is 5.38 Å². The highest BCUT2D eigenvalue weighted by Gasteiger charge is 2.10. The SMILES string of the molecule is NS(=O)(=O)c1csc(Cl)n1.O=C(O)c1ccccc1. The Morgan fingerprint density at radius 3 is 2.16 bits per heavy atom. The summed E-state index contributed by atoms with van der Waals surface area (Å²) in [5.41, 5.74) is 0.331. The Kier molecular flexibility index (Phi) is 5.43. The molecule has 6 nitrogen and oxygen atoms in total. The lowest BCUT2D eigenvalue weighted by molar-refractivity contribution is 0.0697. The predicted octanol–water partition coefficient (Wildman–Crippen LogP) is 1.83. The van der Waals surface area contributed by atoms with E-state index in [9.17, 15) is 13.2 Å². The van der Waals surface area contributed by atoms with E-state index in [1.54, 1.807) is 30.3 Å². The zero-order chi connectivity index (χ0) is 14.5. The van der Waals surface area contributed by atoms with Crippen molar-refractivity contribution in [3.8, 4) is 0 Å². The number of hydrogen-bond donors (Lipinski definition) is 2. The summed E-state index contributed by atoms with van der Waals surface area (Å²) in [6, 6.07) is 8.30. The predicted molar refractivity (Wildman–Crippen MR) is 71.9 cm³/mol. The van der Waals surface area contributed by atoms with Gasteiger partial charge < -0.3 is 5.11 Å². The number of nitrogens with zero attached hydrogens (tertiary/aromatic N) is 1. The molecule has 0 atom stereocenters. The lowest BCUT2D eigenvalue weighted by Crippen LogP contribution is -2.12. The number of rotatable bonds is 2. The molecule has 0 saturated carbocycles. The maximum absolute atomic E-state index is 10.5. The normalized spacial score (nSPS) is 10.4. The molecular formula is C10H9ClN2O4S2. The molecule has 0 radical (unpaired) electrons. The summed E-state index contributed by atoms with van der Waals surface area (Å²) in [5.74, 6) is -0.879. The Labute approximate surface area is 118 Å². The number of thiazole rings is 1. The molecular weight excluding hydrogens is 312 g/mol. The topological polar surface area (TPSA) is 110 Å². The van der Waals surface area contributed by atoms with Gasteiger partial charge in [-0.05, 0) is 12.1 Å². The number of nitrogens with two attached hydrogens (primary N) is 1. The van der Waals surface area contributed by atoms with Gasteiger partial charge in [0.15, 0.2) is 9.49 Å². The molecule has 9 heteroatoms. The van der Waals surface area contributed by atoms with E-state index < -0.39 is 16.0 Å². The Morgan fingerprint density at radius 2 is 1.89 bits per heavy atom. The van der Waals surface area contributed by atoms with Crippen LogP contribution in [0.15, 0.2) is 40.7 Å². The van der Waals surface area contributed by atoms with E-state index in [4.69, 9.17) is 21.8 Å². The third kappa shape index (κ3) is 5.35. The second-order valence-electron chi connectivity index (χ2n) is 3.15. The van der Waals surface area contributed by atoms with Crippen LogP contribution < -0.4 is 5.14 Å². The number of carboxylic acids is 1. The van der Waals surface area contributed by atoms with Crippen LogP contribution >= 0.6 is 22.9 Å². The van der Waals surface area contributed by atoms with Crippen LogP contribution in [0.4, 0.5) is 0 Å². The molecule has 0 spiro atoms. The Bertz CT molecular complexity index is 655. The molecule has 0 aliphatic rings. The van der Waals surface area contributed by atoms with Gasteiger partial charge in [0.25, 0.3) is 10.0 Å². The van der Waals surface area contributed by atoms with Crippen LogP contribution in [-0.4, -0.2) is 24.5 Å². The highest BCUT2D eigenvalue weighted by molar-refractivity contribution is 7.89. The molecule has 2 aromatic rings. The van der Waals surface area contributed by atoms with E-state index >= 15 is 0 Å².